The van der Waals surface area contributed by atoms with E-state index >= 15 is 0 Å². The quantitative estimate of drug-likeness (QED) is 0.871. The Hall–Kier alpha value is -0.860. The Labute approximate surface area is 117 Å². The van der Waals surface area contributed by atoms with Gasteiger partial charge in [-0.25, -0.2) is 0 Å². The van der Waals surface area contributed by atoms with Gasteiger partial charge in [0.2, 0.25) is 0 Å². The van der Waals surface area contributed by atoms with Crippen molar-refractivity contribution in [3.05, 3.63) is 34.9 Å². The zero-order chi connectivity index (χ0) is 13.9. The molecule has 0 bridgehead atoms. The molecular weight excluding hydrogens is 234 g/mol. The number of rotatable bonds is 4. The summed E-state index contributed by atoms with van der Waals surface area (Å²) in [6, 6.07) is 6.57. The average Bonchev–Trinajstić information content (AvgIpc) is 2.33. The fourth-order valence-electron chi connectivity index (χ4n) is 3.15. The van der Waals surface area contributed by atoms with Crippen LogP contribution in [0.1, 0.15) is 49.3 Å². The van der Waals surface area contributed by atoms with Crippen LogP contribution in [0.4, 0.5) is 0 Å². The smallest absolute Gasteiger partial charge is 0.0774 e. The van der Waals surface area contributed by atoms with E-state index in [1.807, 2.05) is 0 Å². The van der Waals surface area contributed by atoms with Crippen molar-refractivity contribution in [2.75, 3.05) is 6.54 Å². The van der Waals surface area contributed by atoms with Crippen LogP contribution in [0.2, 0.25) is 0 Å². The molecule has 0 aliphatic heterocycles. The van der Waals surface area contributed by atoms with Gasteiger partial charge in [-0.2, -0.15) is 0 Å². The number of nitrogens with one attached hydrogen (secondary N) is 1. The Kier molecular flexibility index (Phi) is 4.64. The first-order valence-corrected chi connectivity index (χ1v) is 7.48. The first kappa shape index (κ1) is 14.5. The molecule has 0 spiro atoms. The lowest BCUT2D eigenvalue weighted by Crippen LogP contribution is -2.43. The molecular formula is C17H27NO. The summed E-state index contributed by atoms with van der Waals surface area (Å²) in [7, 11) is 0. The molecule has 2 unspecified atom stereocenters. The Bertz CT molecular complexity index is 429. The summed E-state index contributed by atoms with van der Waals surface area (Å²) in [5, 5.41) is 14.0. The van der Waals surface area contributed by atoms with Crippen LogP contribution in [0.5, 0.6) is 0 Å². The van der Waals surface area contributed by atoms with Crippen molar-refractivity contribution >= 4 is 0 Å². The van der Waals surface area contributed by atoms with Crippen LogP contribution in [0.25, 0.3) is 0 Å². The predicted octanol–water partition coefficient (Wildman–Crippen LogP) is 3.33. The fourth-order valence-corrected chi connectivity index (χ4v) is 3.15. The third-order valence-corrected chi connectivity index (χ3v) is 4.42. The number of benzene rings is 1. The van der Waals surface area contributed by atoms with E-state index in [1.54, 1.807) is 0 Å². The minimum Gasteiger partial charge on any atom is -0.389 e. The van der Waals surface area contributed by atoms with Crippen LogP contribution < -0.4 is 5.32 Å². The molecule has 1 aromatic rings. The second-order valence-electron chi connectivity index (χ2n) is 6.45. The van der Waals surface area contributed by atoms with Crippen molar-refractivity contribution in [2.45, 2.75) is 58.6 Å². The molecule has 0 radical (unpaired) electrons. The molecule has 106 valence electrons. The van der Waals surface area contributed by atoms with E-state index in [1.165, 1.54) is 23.1 Å². The maximum Gasteiger partial charge on any atom is 0.0774 e. The SMILES string of the molecule is Cc1ccc(CNCC2(O)CCCC(C)C2)cc1C. The zero-order valence-corrected chi connectivity index (χ0v) is 12.5. The highest BCUT2D eigenvalue weighted by Gasteiger charge is 2.31. The molecule has 19 heavy (non-hydrogen) atoms. The highest BCUT2D eigenvalue weighted by atomic mass is 16.3. The number of hydrogen-bond acceptors (Lipinski definition) is 2. The van der Waals surface area contributed by atoms with Gasteiger partial charge >= 0.3 is 0 Å². The fraction of sp³-hybridized carbons (Fsp3) is 0.647. The van der Waals surface area contributed by atoms with Gasteiger partial charge in [0.25, 0.3) is 0 Å². The lowest BCUT2D eigenvalue weighted by atomic mass is 9.79. The maximum atomic E-state index is 10.6. The third-order valence-electron chi connectivity index (χ3n) is 4.42. The van der Waals surface area contributed by atoms with E-state index < -0.39 is 5.60 Å². The van der Waals surface area contributed by atoms with Crippen molar-refractivity contribution in [3.63, 3.8) is 0 Å². The molecule has 0 saturated heterocycles. The largest absolute Gasteiger partial charge is 0.389 e. The van der Waals surface area contributed by atoms with Gasteiger partial charge in [-0.3, -0.25) is 0 Å². The molecule has 2 atom stereocenters. The summed E-state index contributed by atoms with van der Waals surface area (Å²) in [4.78, 5) is 0. The van der Waals surface area contributed by atoms with E-state index in [2.05, 4.69) is 44.3 Å². The average molecular weight is 261 g/mol. The van der Waals surface area contributed by atoms with E-state index in [0.29, 0.717) is 12.5 Å². The molecule has 0 heterocycles. The highest BCUT2D eigenvalue weighted by molar-refractivity contribution is 5.29. The van der Waals surface area contributed by atoms with E-state index in [-0.39, 0.29) is 0 Å². The Morgan fingerprint density at radius 3 is 2.79 bits per heavy atom. The molecule has 2 N–H and O–H groups in total. The van der Waals surface area contributed by atoms with Gasteiger partial charge in [-0.1, -0.05) is 38.0 Å². The van der Waals surface area contributed by atoms with E-state index in [9.17, 15) is 5.11 Å². The zero-order valence-electron chi connectivity index (χ0n) is 12.5. The van der Waals surface area contributed by atoms with Crippen molar-refractivity contribution in [1.29, 1.82) is 0 Å². The Morgan fingerprint density at radius 1 is 1.32 bits per heavy atom. The summed E-state index contributed by atoms with van der Waals surface area (Å²) in [5.41, 5.74) is 3.49. The molecule has 1 saturated carbocycles. The standard InChI is InChI=1S/C17H27NO/c1-13-5-4-8-17(19,10-13)12-18-11-16-7-6-14(2)15(3)9-16/h6-7,9,13,18-19H,4-5,8,10-12H2,1-3H3. The predicted molar refractivity (Wildman–Crippen MR) is 80.2 cm³/mol. The number of aliphatic hydroxyl groups is 1. The number of hydrogen-bond donors (Lipinski definition) is 2. The van der Waals surface area contributed by atoms with Crippen molar-refractivity contribution in [1.82, 2.24) is 5.32 Å². The second kappa shape index (κ2) is 6.06. The Morgan fingerprint density at radius 2 is 2.11 bits per heavy atom. The van der Waals surface area contributed by atoms with Crippen LogP contribution in [0.3, 0.4) is 0 Å². The summed E-state index contributed by atoms with van der Waals surface area (Å²) in [6.45, 7) is 8.09. The van der Waals surface area contributed by atoms with E-state index in [0.717, 1.165) is 25.8 Å². The highest BCUT2D eigenvalue weighted by Crippen LogP contribution is 2.31. The molecule has 0 amide bonds. The van der Waals surface area contributed by atoms with Gasteiger partial charge in [0.15, 0.2) is 0 Å². The molecule has 1 aromatic carbocycles. The topological polar surface area (TPSA) is 32.3 Å². The monoisotopic (exact) mass is 261 g/mol. The molecule has 1 aliphatic rings. The molecule has 2 nitrogen and oxygen atoms in total. The van der Waals surface area contributed by atoms with Crippen LogP contribution in [-0.2, 0) is 6.54 Å². The first-order valence-electron chi connectivity index (χ1n) is 7.48. The minimum absolute atomic E-state index is 0.489. The van der Waals surface area contributed by atoms with Crippen LogP contribution in [0.15, 0.2) is 18.2 Å². The molecule has 1 aliphatic carbocycles. The Balaban J connectivity index is 1.84. The van der Waals surface area contributed by atoms with Crippen LogP contribution in [-0.4, -0.2) is 17.3 Å². The first-order chi connectivity index (χ1) is 8.98. The lowest BCUT2D eigenvalue weighted by Gasteiger charge is -2.35. The van der Waals surface area contributed by atoms with Gasteiger partial charge in [0, 0.05) is 13.1 Å². The summed E-state index contributed by atoms with van der Waals surface area (Å²) in [6.07, 6.45) is 4.30. The lowest BCUT2D eigenvalue weighted by molar-refractivity contribution is -0.0119. The maximum absolute atomic E-state index is 10.6. The van der Waals surface area contributed by atoms with Crippen molar-refractivity contribution in [2.24, 2.45) is 5.92 Å². The summed E-state index contributed by atoms with van der Waals surface area (Å²) in [5.74, 6) is 0.655. The molecule has 2 heteroatoms. The van der Waals surface area contributed by atoms with Crippen molar-refractivity contribution in [3.8, 4) is 0 Å². The van der Waals surface area contributed by atoms with Gasteiger partial charge in [0.1, 0.15) is 0 Å². The van der Waals surface area contributed by atoms with Crippen molar-refractivity contribution < 1.29 is 5.11 Å². The van der Waals surface area contributed by atoms with Crippen LogP contribution >= 0.6 is 0 Å². The summed E-state index contributed by atoms with van der Waals surface area (Å²) >= 11 is 0. The minimum atomic E-state index is -0.489. The van der Waals surface area contributed by atoms with Gasteiger partial charge in [-0.05, 0) is 49.3 Å². The second-order valence-corrected chi connectivity index (χ2v) is 6.45. The number of aryl methyl sites for hydroxylation is 2. The van der Waals surface area contributed by atoms with Crippen LogP contribution in [0, 0.1) is 19.8 Å². The van der Waals surface area contributed by atoms with Gasteiger partial charge in [0.05, 0.1) is 5.60 Å². The van der Waals surface area contributed by atoms with Gasteiger partial charge < -0.3 is 10.4 Å². The summed E-state index contributed by atoms with van der Waals surface area (Å²) < 4.78 is 0. The molecule has 0 aromatic heterocycles. The molecule has 1 fully saturated rings. The normalized spacial score (nSPS) is 27.5. The third kappa shape index (κ3) is 4.05. The van der Waals surface area contributed by atoms with E-state index in [4.69, 9.17) is 0 Å². The molecule has 2 rings (SSSR count). The van der Waals surface area contributed by atoms with Gasteiger partial charge in [-0.15, -0.1) is 0 Å².